The first-order chi connectivity index (χ1) is 13.6. The van der Waals surface area contributed by atoms with Gasteiger partial charge >= 0.3 is 11.8 Å². The van der Waals surface area contributed by atoms with Crippen LogP contribution in [-0.4, -0.2) is 30.0 Å². The predicted octanol–water partition coefficient (Wildman–Crippen LogP) is 2.90. The minimum Gasteiger partial charge on any atom is -0.349 e. The van der Waals surface area contributed by atoms with Gasteiger partial charge in [-0.3, -0.25) is 14.4 Å². The molecule has 1 aliphatic rings. The van der Waals surface area contributed by atoms with Crippen molar-refractivity contribution >= 4 is 41.0 Å². The zero-order chi connectivity index (χ0) is 19.8. The fourth-order valence-electron chi connectivity index (χ4n) is 3.05. The van der Waals surface area contributed by atoms with Crippen LogP contribution in [0.2, 0.25) is 0 Å². The van der Waals surface area contributed by atoms with Gasteiger partial charge in [0.15, 0.2) is 0 Å². The van der Waals surface area contributed by atoms with Crippen LogP contribution in [-0.2, 0) is 9.59 Å². The lowest BCUT2D eigenvalue weighted by molar-refractivity contribution is -0.136. The number of rotatable bonds is 5. The van der Waals surface area contributed by atoms with Crippen LogP contribution in [0.15, 0.2) is 46.9 Å². The van der Waals surface area contributed by atoms with E-state index in [1.807, 2.05) is 17.5 Å². The van der Waals surface area contributed by atoms with E-state index in [0.29, 0.717) is 5.56 Å². The Hall–Kier alpha value is -3.00. The van der Waals surface area contributed by atoms with Gasteiger partial charge in [0.1, 0.15) is 0 Å². The number of hydrogen-bond donors (Lipinski definition) is 3. The van der Waals surface area contributed by atoms with E-state index in [9.17, 15) is 14.4 Å². The number of nitrogens with zero attached hydrogens (tertiary/aromatic N) is 1. The molecule has 1 fully saturated rings. The van der Waals surface area contributed by atoms with Crippen LogP contribution < -0.4 is 16.1 Å². The fourth-order valence-corrected chi connectivity index (χ4v) is 3.63. The number of hydrogen-bond acceptors (Lipinski definition) is 5. The Bertz CT molecular complexity index is 858. The number of benzene rings is 1. The van der Waals surface area contributed by atoms with Crippen molar-refractivity contribution in [2.45, 2.75) is 38.1 Å². The van der Waals surface area contributed by atoms with Crippen molar-refractivity contribution in [3.05, 3.63) is 52.2 Å². The summed E-state index contributed by atoms with van der Waals surface area (Å²) in [6.07, 6.45) is 6.80. The molecule has 28 heavy (non-hydrogen) atoms. The second-order valence-corrected chi connectivity index (χ2v) is 7.50. The van der Waals surface area contributed by atoms with E-state index in [4.69, 9.17) is 0 Å². The summed E-state index contributed by atoms with van der Waals surface area (Å²) in [6, 6.07) is 10.5. The zero-order valence-corrected chi connectivity index (χ0v) is 16.1. The molecule has 1 aliphatic carbocycles. The fraction of sp³-hybridized carbons (Fsp3) is 0.300. The van der Waals surface area contributed by atoms with Crippen molar-refractivity contribution in [1.29, 1.82) is 0 Å². The van der Waals surface area contributed by atoms with E-state index in [1.54, 1.807) is 24.3 Å². The maximum absolute atomic E-state index is 12.6. The normalized spacial score (nSPS) is 14.6. The summed E-state index contributed by atoms with van der Waals surface area (Å²) in [5, 5.41) is 11.1. The molecule has 1 heterocycles. The lowest BCUT2D eigenvalue weighted by Crippen LogP contribution is -2.37. The number of anilines is 1. The lowest BCUT2D eigenvalue weighted by Gasteiger charge is -2.23. The number of thiophene rings is 1. The van der Waals surface area contributed by atoms with Crippen LogP contribution in [0.4, 0.5) is 5.69 Å². The lowest BCUT2D eigenvalue weighted by atomic mass is 9.95. The minimum atomic E-state index is -0.907. The summed E-state index contributed by atoms with van der Waals surface area (Å²) in [4.78, 5) is 37.5. The van der Waals surface area contributed by atoms with Crippen LogP contribution in [0.5, 0.6) is 0 Å². The molecule has 0 radical (unpaired) electrons. The van der Waals surface area contributed by atoms with E-state index in [1.165, 1.54) is 24.0 Å². The number of para-hydroxylation sites is 1. The van der Waals surface area contributed by atoms with Crippen molar-refractivity contribution < 1.29 is 14.4 Å². The average Bonchev–Trinajstić information content (AvgIpc) is 3.22. The molecular weight excluding hydrogens is 376 g/mol. The van der Waals surface area contributed by atoms with Crippen LogP contribution >= 0.6 is 11.3 Å². The van der Waals surface area contributed by atoms with Gasteiger partial charge in [0.25, 0.3) is 5.91 Å². The van der Waals surface area contributed by atoms with Gasteiger partial charge in [-0.25, -0.2) is 5.43 Å². The van der Waals surface area contributed by atoms with Crippen molar-refractivity contribution in [3.8, 4) is 0 Å². The molecule has 146 valence electrons. The van der Waals surface area contributed by atoms with Crippen LogP contribution in [0, 0.1) is 0 Å². The van der Waals surface area contributed by atoms with Gasteiger partial charge in [0.05, 0.1) is 17.5 Å². The van der Waals surface area contributed by atoms with Crippen LogP contribution in [0.25, 0.3) is 0 Å². The second kappa shape index (κ2) is 9.80. The highest BCUT2D eigenvalue weighted by Crippen LogP contribution is 2.20. The van der Waals surface area contributed by atoms with Crippen LogP contribution in [0.3, 0.4) is 0 Å². The van der Waals surface area contributed by atoms with Gasteiger partial charge in [0, 0.05) is 10.9 Å². The SMILES string of the molecule is O=C(NN=Cc1cccs1)C(=O)Nc1ccccc1C(=O)NC1CCCCC1. The largest absolute Gasteiger partial charge is 0.349 e. The van der Waals surface area contributed by atoms with E-state index >= 15 is 0 Å². The molecule has 0 spiro atoms. The maximum atomic E-state index is 12.6. The molecule has 1 aromatic carbocycles. The Morgan fingerprint density at radius 3 is 2.54 bits per heavy atom. The molecule has 0 unspecified atom stereocenters. The number of carbonyl (C=O) groups excluding carboxylic acids is 3. The standard InChI is InChI=1S/C20H22N4O3S/c25-18(22-14-7-2-1-3-8-14)16-10-4-5-11-17(16)23-19(26)20(27)24-21-13-15-9-6-12-28-15/h4-6,9-14H,1-3,7-8H2,(H,22,25)(H,23,26)(H,24,27). The van der Waals surface area contributed by atoms with E-state index in [2.05, 4.69) is 21.2 Å². The number of carbonyl (C=O) groups is 3. The summed E-state index contributed by atoms with van der Waals surface area (Å²) in [7, 11) is 0. The van der Waals surface area contributed by atoms with Crippen LogP contribution in [0.1, 0.15) is 47.3 Å². The Morgan fingerprint density at radius 2 is 1.79 bits per heavy atom. The quantitative estimate of drug-likeness (QED) is 0.410. The number of nitrogens with one attached hydrogen (secondary N) is 3. The average molecular weight is 398 g/mol. The zero-order valence-electron chi connectivity index (χ0n) is 15.3. The molecule has 3 N–H and O–H groups in total. The Kier molecular flexibility index (Phi) is 6.91. The van der Waals surface area contributed by atoms with Crippen molar-refractivity contribution in [2.24, 2.45) is 5.10 Å². The third-order valence-corrected chi connectivity index (χ3v) is 5.27. The molecular formula is C20H22N4O3S. The summed E-state index contributed by atoms with van der Waals surface area (Å²) in [5.74, 6) is -2.05. The van der Waals surface area contributed by atoms with Gasteiger partial charge in [-0.2, -0.15) is 5.10 Å². The van der Waals surface area contributed by atoms with Crippen molar-refractivity contribution in [1.82, 2.24) is 10.7 Å². The Balaban J connectivity index is 1.59. The highest BCUT2D eigenvalue weighted by molar-refractivity contribution is 7.11. The summed E-state index contributed by atoms with van der Waals surface area (Å²) in [5.41, 5.74) is 2.80. The molecule has 1 aromatic heterocycles. The van der Waals surface area contributed by atoms with Crippen molar-refractivity contribution in [3.63, 3.8) is 0 Å². The number of amides is 3. The highest BCUT2D eigenvalue weighted by Gasteiger charge is 2.20. The molecule has 0 bridgehead atoms. The third kappa shape index (κ3) is 5.50. The molecule has 2 aromatic rings. The van der Waals surface area contributed by atoms with E-state index in [-0.39, 0.29) is 17.6 Å². The van der Waals surface area contributed by atoms with Crippen molar-refractivity contribution in [2.75, 3.05) is 5.32 Å². The highest BCUT2D eigenvalue weighted by atomic mass is 32.1. The third-order valence-electron chi connectivity index (χ3n) is 4.47. The smallest absolute Gasteiger partial charge is 0.329 e. The van der Waals surface area contributed by atoms with E-state index < -0.39 is 11.8 Å². The summed E-state index contributed by atoms with van der Waals surface area (Å²) >= 11 is 1.46. The molecule has 0 saturated heterocycles. The molecule has 3 rings (SSSR count). The first-order valence-electron chi connectivity index (χ1n) is 9.21. The van der Waals surface area contributed by atoms with Gasteiger partial charge in [-0.1, -0.05) is 37.5 Å². The molecule has 3 amide bonds. The molecule has 0 atom stereocenters. The van der Waals surface area contributed by atoms with Gasteiger partial charge in [-0.15, -0.1) is 11.3 Å². The summed E-state index contributed by atoms with van der Waals surface area (Å²) < 4.78 is 0. The van der Waals surface area contributed by atoms with Gasteiger partial charge in [-0.05, 0) is 36.4 Å². The van der Waals surface area contributed by atoms with E-state index in [0.717, 1.165) is 30.6 Å². The molecule has 1 saturated carbocycles. The molecule has 0 aliphatic heterocycles. The molecule has 8 heteroatoms. The number of hydrazone groups is 1. The second-order valence-electron chi connectivity index (χ2n) is 6.52. The summed E-state index contributed by atoms with van der Waals surface area (Å²) in [6.45, 7) is 0. The first-order valence-corrected chi connectivity index (χ1v) is 10.1. The predicted molar refractivity (Wildman–Crippen MR) is 109 cm³/mol. The van der Waals surface area contributed by atoms with Gasteiger partial charge < -0.3 is 10.6 Å². The minimum absolute atomic E-state index is 0.153. The Labute approximate surface area is 167 Å². The maximum Gasteiger partial charge on any atom is 0.329 e. The van der Waals surface area contributed by atoms with Gasteiger partial charge in [0.2, 0.25) is 0 Å². The topological polar surface area (TPSA) is 99.7 Å². The Morgan fingerprint density at radius 1 is 1.00 bits per heavy atom. The monoisotopic (exact) mass is 398 g/mol. The first kappa shape index (κ1) is 19.8. The molecule has 7 nitrogen and oxygen atoms in total.